The lowest BCUT2D eigenvalue weighted by Crippen LogP contribution is -2.32. The van der Waals surface area contributed by atoms with Crippen molar-refractivity contribution in [3.63, 3.8) is 0 Å². The molecule has 1 N–H and O–H groups in total. The molecule has 29 heavy (non-hydrogen) atoms. The number of carbonyl (C=O) groups excluding carboxylic acids is 2. The summed E-state index contributed by atoms with van der Waals surface area (Å²) in [6, 6.07) is 14.3. The Morgan fingerprint density at radius 3 is 2.55 bits per heavy atom. The van der Waals surface area contributed by atoms with E-state index in [9.17, 15) is 14.0 Å². The molecule has 0 unspecified atom stereocenters. The van der Waals surface area contributed by atoms with E-state index in [0.717, 1.165) is 16.0 Å². The molecule has 0 spiro atoms. The van der Waals surface area contributed by atoms with Gasteiger partial charge in [-0.15, -0.1) is 11.3 Å². The van der Waals surface area contributed by atoms with Gasteiger partial charge >= 0.3 is 5.97 Å². The van der Waals surface area contributed by atoms with Gasteiger partial charge in [0.1, 0.15) is 17.1 Å². The number of halogens is 1. The zero-order valence-corrected chi connectivity index (χ0v) is 16.8. The van der Waals surface area contributed by atoms with E-state index in [0.29, 0.717) is 5.75 Å². The Balaban J connectivity index is 1.69. The first-order valence-electron chi connectivity index (χ1n) is 8.88. The topological polar surface area (TPSA) is 64.6 Å². The van der Waals surface area contributed by atoms with E-state index >= 15 is 0 Å². The van der Waals surface area contributed by atoms with Crippen molar-refractivity contribution in [3.8, 4) is 5.75 Å². The van der Waals surface area contributed by atoms with Crippen molar-refractivity contribution in [2.75, 3.05) is 13.7 Å². The molecule has 0 aliphatic rings. The molecule has 7 heteroatoms. The largest absolute Gasteiger partial charge is 0.496 e. The van der Waals surface area contributed by atoms with E-state index < -0.39 is 24.5 Å². The highest BCUT2D eigenvalue weighted by molar-refractivity contribution is 7.10. The van der Waals surface area contributed by atoms with Crippen LogP contribution in [0.4, 0.5) is 4.39 Å². The van der Waals surface area contributed by atoms with Gasteiger partial charge in [0.15, 0.2) is 6.61 Å². The molecule has 1 heterocycles. The van der Waals surface area contributed by atoms with Gasteiger partial charge in [-0.25, -0.2) is 9.18 Å². The van der Waals surface area contributed by atoms with Crippen molar-refractivity contribution in [2.24, 2.45) is 0 Å². The number of esters is 1. The van der Waals surface area contributed by atoms with Crippen LogP contribution in [-0.4, -0.2) is 25.6 Å². The smallest absolute Gasteiger partial charge is 0.342 e. The zero-order valence-electron chi connectivity index (χ0n) is 16.0. The Morgan fingerprint density at radius 1 is 1.14 bits per heavy atom. The van der Waals surface area contributed by atoms with E-state index in [-0.39, 0.29) is 11.4 Å². The van der Waals surface area contributed by atoms with E-state index in [1.54, 1.807) is 24.3 Å². The summed E-state index contributed by atoms with van der Waals surface area (Å²) >= 11 is 1.47. The average molecular weight is 413 g/mol. The molecular formula is C22H20FNO4S. The standard InChI is InChI=1S/C22H20FNO4S/c1-14-5-10-18(27-2)17(12-14)22(26)28-13-20(25)24-21(19-4-3-11-29-19)15-6-8-16(23)9-7-15/h3-12,21H,13H2,1-2H3,(H,24,25)/t21-/m0/s1. The highest BCUT2D eigenvalue weighted by atomic mass is 32.1. The minimum absolute atomic E-state index is 0.258. The van der Waals surface area contributed by atoms with E-state index in [2.05, 4.69) is 5.32 Å². The fourth-order valence-corrected chi connectivity index (χ4v) is 3.62. The molecule has 0 fully saturated rings. The van der Waals surface area contributed by atoms with Gasteiger partial charge in [0, 0.05) is 4.88 Å². The first-order valence-corrected chi connectivity index (χ1v) is 9.76. The quantitative estimate of drug-likeness (QED) is 0.588. The van der Waals surface area contributed by atoms with Crippen molar-refractivity contribution in [3.05, 3.63) is 87.4 Å². The Kier molecular flexibility index (Phi) is 6.61. The Morgan fingerprint density at radius 2 is 1.90 bits per heavy atom. The molecule has 0 aliphatic carbocycles. The number of aryl methyl sites for hydroxylation is 1. The highest BCUT2D eigenvalue weighted by Crippen LogP contribution is 2.26. The lowest BCUT2D eigenvalue weighted by molar-refractivity contribution is -0.124. The molecule has 1 amide bonds. The number of benzene rings is 2. The van der Waals surface area contributed by atoms with Gasteiger partial charge in [0.25, 0.3) is 5.91 Å². The van der Waals surface area contributed by atoms with Gasteiger partial charge in [-0.05, 0) is 48.2 Å². The number of ether oxygens (including phenoxy) is 2. The Bertz CT molecular complexity index is 987. The maximum atomic E-state index is 13.3. The van der Waals surface area contributed by atoms with Crippen LogP contribution in [0.3, 0.4) is 0 Å². The summed E-state index contributed by atoms with van der Waals surface area (Å²) in [7, 11) is 1.46. The minimum Gasteiger partial charge on any atom is -0.496 e. The molecule has 1 atom stereocenters. The van der Waals surface area contributed by atoms with Crippen LogP contribution in [0.15, 0.2) is 60.0 Å². The predicted octanol–water partition coefficient (Wildman–Crippen LogP) is 4.27. The second kappa shape index (κ2) is 9.34. The minimum atomic E-state index is -0.643. The first kappa shape index (κ1) is 20.5. The second-order valence-electron chi connectivity index (χ2n) is 6.35. The average Bonchev–Trinajstić information content (AvgIpc) is 3.25. The molecule has 0 saturated carbocycles. The van der Waals surface area contributed by atoms with Crippen LogP contribution in [0, 0.1) is 12.7 Å². The number of methoxy groups -OCH3 is 1. The summed E-state index contributed by atoms with van der Waals surface area (Å²) in [6.45, 7) is 1.40. The summed E-state index contributed by atoms with van der Waals surface area (Å²) in [4.78, 5) is 25.7. The van der Waals surface area contributed by atoms with Crippen LogP contribution in [0.5, 0.6) is 5.75 Å². The monoisotopic (exact) mass is 413 g/mol. The van der Waals surface area contributed by atoms with Crippen LogP contribution in [0.25, 0.3) is 0 Å². The molecule has 150 valence electrons. The number of hydrogen-bond donors (Lipinski definition) is 1. The van der Waals surface area contributed by atoms with Gasteiger partial charge in [0.2, 0.25) is 0 Å². The van der Waals surface area contributed by atoms with Crippen molar-refractivity contribution in [1.29, 1.82) is 0 Å². The summed E-state index contributed by atoms with van der Waals surface area (Å²) in [5.41, 5.74) is 1.86. The van der Waals surface area contributed by atoms with E-state index in [1.807, 2.05) is 30.5 Å². The number of nitrogens with one attached hydrogen (secondary N) is 1. The molecule has 3 aromatic rings. The number of thiophene rings is 1. The van der Waals surface area contributed by atoms with Crippen LogP contribution in [-0.2, 0) is 9.53 Å². The normalized spacial score (nSPS) is 11.6. The van der Waals surface area contributed by atoms with E-state index in [1.165, 1.54) is 30.6 Å². The van der Waals surface area contributed by atoms with Gasteiger partial charge in [-0.1, -0.05) is 29.8 Å². The number of amides is 1. The summed E-state index contributed by atoms with van der Waals surface area (Å²) in [5.74, 6) is -1.09. The molecule has 0 radical (unpaired) electrons. The third kappa shape index (κ3) is 5.20. The van der Waals surface area contributed by atoms with Gasteiger partial charge < -0.3 is 14.8 Å². The fourth-order valence-electron chi connectivity index (χ4n) is 2.82. The molecular weight excluding hydrogens is 393 g/mol. The van der Waals surface area contributed by atoms with Crippen molar-refractivity contribution < 1.29 is 23.5 Å². The Hall–Kier alpha value is -3.19. The Labute approximate surface area is 172 Å². The first-order chi connectivity index (χ1) is 14.0. The van der Waals surface area contributed by atoms with Crippen LogP contribution in [0.2, 0.25) is 0 Å². The van der Waals surface area contributed by atoms with Crippen LogP contribution in [0.1, 0.15) is 32.4 Å². The molecule has 3 rings (SSSR count). The summed E-state index contributed by atoms with van der Waals surface area (Å²) in [5, 5.41) is 4.73. The SMILES string of the molecule is COc1ccc(C)cc1C(=O)OCC(=O)N[C@@H](c1ccc(F)cc1)c1cccs1. The number of hydrogen-bond acceptors (Lipinski definition) is 5. The van der Waals surface area contributed by atoms with Crippen LogP contribution >= 0.6 is 11.3 Å². The van der Waals surface area contributed by atoms with Crippen molar-refractivity contribution in [2.45, 2.75) is 13.0 Å². The van der Waals surface area contributed by atoms with Gasteiger partial charge in [-0.3, -0.25) is 4.79 Å². The lowest BCUT2D eigenvalue weighted by atomic mass is 10.1. The molecule has 0 bridgehead atoms. The van der Waals surface area contributed by atoms with Crippen molar-refractivity contribution in [1.82, 2.24) is 5.32 Å². The second-order valence-corrected chi connectivity index (χ2v) is 7.33. The molecule has 2 aromatic carbocycles. The van der Waals surface area contributed by atoms with Gasteiger partial charge in [-0.2, -0.15) is 0 Å². The van der Waals surface area contributed by atoms with E-state index in [4.69, 9.17) is 9.47 Å². The highest BCUT2D eigenvalue weighted by Gasteiger charge is 2.20. The summed E-state index contributed by atoms with van der Waals surface area (Å²) in [6.07, 6.45) is 0. The summed E-state index contributed by atoms with van der Waals surface area (Å²) < 4.78 is 23.6. The third-order valence-electron chi connectivity index (χ3n) is 4.25. The van der Waals surface area contributed by atoms with Crippen molar-refractivity contribution >= 4 is 23.2 Å². The molecule has 5 nitrogen and oxygen atoms in total. The fraction of sp³-hybridized carbons (Fsp3) is 0.182. The number of carbonyl (C=O) groups is 2. The maximum Gasteiger partial charge on any atom is 0.342 e. The third-order valence-corrected chi connectivity index (χ3v) is 5.18. The predicted molar refractivity (Wildman–Crippen MR) is 109 cm³/mol. The lowest BCUT2D eigenvalue weighted by Gasteiger charge is -2.18. The molecule has 0 saturated heterocycles. The molecule has 1 aromatic heterocycles. The molecule has 0 aliphatic heterocycles. The van der Waals surface area contributed by atoms with Crippen LogP contribution < -0.4 is 10.1 Å². The number of rotatable bonds is 7. The zero-order chi connectivity index (χ0) is 20.8. The van der Waals surface area contributed by atoms with Gasteiger partial charge in [0.05, 0.1) is 13.2 Å². The maximum absolute atomic E-state index is 13.3.